The van der Waals surface area contributed by atoms with Crippen molar-refractivity contribution in [1.29, 1.82) is 0 Å². The molecule has 3 aromatic carbocycles. The molecule has 2 N–H and O–H groups in total. The van der Waals surface area contributed by atoms with Crippen molar-refractivity contribution >= 4 is 27.7 Å². The number of nitrogens with zero attached hydrogens (tertiary/aromatic N) is 1. The molecule has 0 atom stereocenters. The van der Waals surface area contributed by atoms with Gasteiger partial charge in [0, 0.05) is 52.9 Å². The van der Waals surface area contributed by atoms with E-state index >= 15 is 0 Å². The van der Waals surface area contributed by atoms with Gasteiger partial charge >= 0.3 is 0 Å². The maximum absolute atomic E-state index is 13.8. The first-order chi connectivity index (χ1) is 16.3. The number of amides is 1. The Labute approximate surface area is 190 Å². The summed E-state index contributed by atoms with van der Waals surface area (Å²) in [5.41, 5.74) is 4.87. The summed E-state index contributed by atoms with van der Waals surface area (Å²) in [5.74, 6) is 1.44. The molecule has 1 amide bonds. The summed E-state index contributed by atoms with van der Waals surface area (Å²) in [6.07, 6.45) is 4.58. The summed E-state index contributed by atoms with van der Waals surface area (Å²) in [4.78, 5) is 22.2. The molecule has 6 nitrogen and oxygen atoms in total. The highest BCUT2D eigenvalue weighted by atomic mass is 16.7. The van der Waals surface area contributed by atoms with Crippen LogP contribution < -0.4 is 9.47 Å². The SMILES string of the molecule is O=C(c1c[nH]c2ccccc12)N(CCc1c[nH]c2ccccc12)Cc1cccc2c1OCO2. The van der Waals surface area contributed by atoms with Crippen LogP contribution in [0.15, 0.2) is 79.1 Å². The third kappa shape index (κ3) is 3.49. The van der Waals surface area contributed by atoms with Crippen molar-refractivity contribution in [2.45, 2.75) is 13.0 Å². The van der Waals surface area contributed by atoms with Gasteiger partial charge in [0.25, 0.3) is 5.91 Å². The summed E-state index contributed by atoms with van der Waals surface area (Å²) in [6.45, 7) is 1.22. The van der Waals surface area contributed by atoms with E-state index in [-0.39, 0.29) is 12.7 Å². The molecule has 0 aliphatic carbocycles. The smallest absolute Gasteiger partial charge is 0.256 e. The van der Waals surface area contributed by atoms with Crippen LogP contribution in [0, 0.1) is 0 Å². The van der Waals surface area contributed by atoms with Crippen LogP contribution in [0.3, 0.4) is 0 Å². The first kappa shape index (κ1) is 19.5. The Hall–Kier alpha value is -4.19. The molecule has 0 saturated carbocycles. The number of benzene rings is 3. The second-order valence-corrected chi connectivity index (χ2v) is 8.24. The van der Waals surface area contributed by atoms with Gasteiger partial charge in [0.15, 0.2) is 11.5 Å². The number of hydrogen-bond acceptors (Lipinski definition) is 3. The minimum atomic E-state index is -0.0104. The van der Waals surface area contributed by atoms with Gasteiger partial charge in [-0.3, -0.25) is 4.79 Å². The number of para-hydroxylation sites is 3. The third-order valence-electron chi connectivity index (χ3n) is 6.27. The molecule has 0 unspecified atom stereocenters. The van der Waals surface area contributed by atoms with Gasteiger partial charge in [0.2, 0.25) is 6.79 Å². The molecule has 3 heterocycles. The molecule has 1 aliphatic rings. The zero-order chi connectivity index (χ0) is 22.2. The second-order valence-electron chi connectivity index (χ2n) is 8.24. The first-order valence-corrected chi connectivity index (χ1v) is 11.1. The van der Waals surface area contributed by atoms with Crippen LogP contribution in [-0.2, 0) is 13.0 Å². The zero-order valence-electron chi connectivity index (χ0n) is 18.0. The van der Waals surface area contributed by atoms with Crippen molar-refractivity contribution in [3.8, 4) is 11.5 Å². The lowest BCUT2D eigenvalue weighted by Gasteiger charge is -2.23. The van der Waals surface area contributed by atoms with Crippen LogP contribution in [0.25, 0.3) is 21.8 Å². The Bertz CT molecular complexity index is 1470. The van der Waals surface area contributed by atoms with Gasteiger partial charge in [0.1, 0.15) is 0 Å². The lowest BCUT2D eigenvalue weighted by atomic mass is 10.1. The molecule has 0 bridgehead atoms. The van der Waals surface area contributed by atoms with Crippen molar-refractivity contribution in [1.82, 2.24) is 14.9 Å². The van der Waals surface area contributed by atoms with Gasteiger partial charge in [-0.1, -0.05) is 48.5 Å². The minimum absolute atomic E-state index is 0.0104. The average molecular weight is 437 g/mol. The van der Waals surface area contributed by atoms with E-state index in [9.17, 15) is 4.79 Å². The number of H-pyrrole nitrogens is 2. The van der Waals surface area contributed by atoms with Crippen molar-refractivity contribution < 1.29 is 14.3 Å². The molecule has 6 rings (SSSR count). The van der Waals surface area contributed by atoms with Crippen molar-refractivity contribution in [2.24, 2.45) is 0 Å². The van der Waals surface area contributed by atoms with Crippen molar-refractivity contribution in [3.05, 3.63) is 95.8 Å². The van der Waals surface area contributed by atoms with Crippen LogP contribution in [-0.4, -0.2) is 34.1 Å². The first-order valence-electron chi connectivity index (χ1n) is 11.1. The maximum atomic E-state index is 13.8. The number of aromatic amines is 2. The Morgan fingerprint density at radius 2 is 1.58 bits per heavy atom. The summed E-state index contributed by atoms with van der Waals surface area (Å²) >= 11 is 0. The summed E-state index contributed by atoms with van der Waals surface area (Å²) < 4.78 is 11.3. The molecule has 1 aliphatic heterocycles. The van der Waals surface area contributed by atoms with Crippen LogP contribution >= 0.6 is 0 Å². The molecule has 33 heavy (non-hydrogen) atoms. The Morgan fingerprint density at radius 1 is 0.818 bits per heavy atom. The van der Waals surface area contributed by atoms with E-state index in [2.05, 4.69) is 22.1 Å². The van der Waals surface area contributed by atoms with E-state index < -0.39 is 0 Å². The zero-order valence-corrected chi connectivity index (χ0v) is 18.0. The summed E-state index contributed by atoms with van der Waals surface area (Å²) in [6, 6.07) is 22.0. The van der Waals surface area contributed by atoms with Gasteiger partial charge in [-0.15, -0.1) is 0 Å². The molecule has 5 aromatic rings. The highest BCUT2D eigenvalue weighted by Crippen LogP contribution is 2.36. The number of carbonyl (C=O) groups excluding carboxylic acids is 1. The van der Waals surface area contributed by atoms with E-state index in [0.29, 0.717) is 18.7 Å². The summed E-state index contributed by atoms with van der Waals surface area (Å²) in [7, 11) is 0. The van der Waals surface area contributed by atoms with Crippen LogP contribution in [0.1, 0.15) is 21.5 Å². The normalized spacial score (nSPS) is 12.5. The second kappa shape index (κ2) is 8.06. The molecule has 164 valence electrons. The van der Waals surface area contributed by atoms with Gasteiger partial charge in [-0.05, 0) is 30.2 Å². The Balaban J connectivity index is 1.34. The number of ether oxygens (including phenoxy) is 2. The predicted molar refractivity (Wildman–Crippen MR) is 128 cm³/mol. The average Bonchev–Trinajstić information content (AvgIpc) is 3.59. The van der Waals surface area contributed by atoms with Crippen molar-refractivity contribution in [3.63, 3.8) is 0 Å². The maximum Gasteiger partial charge on any atom is 0.256 e. The number of carbonyl (C=O) groups is 1. The van der Waals surface area contributed by atoms with Gasteiger partial charge in [-0.2, -0.15) is 0 Å². The number of aromatic nitrogens is 2. The fraction of sp³-hybridized carbons (Fsp3) is 0.148. The van der Waals surface area contributed by atoms with E-state index in [1.807, 2.05) is 65.7 Å². The molecule has 6 heteroatoms. The Kier molecular flexibility index (Phi) is 4.76. The number of fused-ring (bicyclic) bond motifs is 3. The minimum Gasteiger partial charge on any atom is -0.454 e. The standard InChI is InChI=1S/C27H23N3O3/c31-27(22-15-29-24-10-4-2-8-21(22)24)30(16-19-6-5-11-25-26(19)33-17-32-25)13-12-18-14-28-23-9-3-1-7-20(18)23/h1-11,14-15,28-29H,12-13,16-17H2. The molecule has 2 aromatic heterocycles. The lowest BCUT2D eigenvalue weighted by Crippen LogP contribution is -2.32. The number of rotatable bonds is 6. The number of nitrogens with one attached hydrogen (secondary N) is 2. The largest absolute Gasteiger partial charge is 0.454 e. The number of hydrogen-bond donors (Lipinski definition) is 2. The monoisotopic (exact) mass is 437 g/mol. The van der Waals surface area contributed by atoms with Gasteiger partial charge in [-0.25, -0.2) is 0 Å². The predicted octanol–water partition coefficient (Wildman–Crippen LogP) is 5.26. The molecular formula is C27H23N3O3. The van der Waals surface area contributed by atoms with E-state index in [0.717, 1.165) is 39.9 Å². The van der Waals surface area contributed by atoms with Gasteiger partial charge < -0.3 is 24.3 Å². The third-order valence-corrected chi connectivity index (χ3v) is 6.27. The van der Waals surface area contributed by atoms with Gasteiger partial charge in [0.05, 0.1) is 5.56 Å². The van der Waals surface area contributed by atoms with Crippen LogP contribution in [0.2, 0.25) is 0 Å². The lowest BCUT2D eigenvalue weighted by molar-refractivity contribution is 0.0746. The van der Waals surface area contributed by atoms with E-state index in [1.54, 1.807) is 6.20 Å². The molecular weight excluding hydrogens is 414 g/mol. The van der Waals surface area contributed by atoms with Crippen molar-refractivity contribution in [2.75, 3.05) is 13.3 Å². The Morgan fingerprint density at radius 3 is 2.45 bits per heavy atom. The van der Waals surface area contributed by atoms with E-state index in [4.69, 9.17) is 9.47 Å². The highest BCUT2D eigenvalue weighted by Gasteiger charge is 2.24. The highest BCUT2D eigenvalue weighted by molar-refractivity contribution is 6.06. The van der Waals surface area contributed by atoms with Crippen LogP contribution in [0.4, 0.5) is 0 Å². The van der Waals surface area contributed by atoms with E-state index in [1.165, 1.54) is 10.9 Å². The van der Waals surface area contributed by atoms with Crippen LogP contribution in [0.5, 0.6) is 11.5 Å². The fourth-order valence-corrected chi connectivity index (χ4v) is 4.59. The fourth-order valence-electron chi connectivity index (χ4n) is 4.59. The summed E-state index contributed by atoms with van der Waals surface area (Å²) in [5, 5.41) is 2.12. The molecule has 0 fully saturated rings. The topological polar surface area (TPSA) is 70.4 Å². The quantitative estimate of drug-likeness (QED) is 0.381. The molecule has 0 saturated heterocycles. The molecule has 0 spiro atoms. The molecule has 0 radical (unpaired) electrons.